The minimum Gasteiger partial charge on any atom is -0.491 e. The van der Waals surface area contributed by atoms with Crippen LogP contribution < -0.4 is 9.47 Å². The molecule has 0 aliphatic carbocycles. The molecule has 0 saturated heterocycles. The van der Waals surface area contributed by atoms with E-state index in [4.69, 9.17) is 19.0 Å². The fourth-order valence-electron chi connectivity index (χ4n) is 1.88. The molecule has 1 heterocycles. The third-order valence-corrected chi connectivity index (χ3v) is 2.52. The second-order valence-electron chi connectivity index (χ2n) is 5.08. The van der Waals surface area contributed by atoms with Crippen LogP contribution in [0, 0.1) is 0 Å². The van der Waals surface area contributed by atoms with Crippen molar-refractivity contribution >= 4 is 16.9 Å². The van der Waals surface area contributed by atoms with E-state index >= 15 is 0 Å². The number of fused-ring (bicyclic) bond motifs is 1. The first-order chi connectivity index (χ1) is 9.36. The van der Waals surface area contributed by atoms with E-state index in [1.165, 1.54) is 6.07 Å². The van der Waals surface area contributed by atoms with Crippen LogP contribution in [0.15, 0.2) is 22.6 Å². The number of rotatable bonds is 5. The lowest BCUT2D eigenvalue weighted by molar-refractivity contribution is 0.0665. The van der Waals surface area contributed by atoms with Crippen LogP contribution in [0.3, 0.4) is 0 Å². The van der Waals surface area contributed by atoms with Crippen molar-refractivity contribution in [1.29, 1.82) is 0 Å². The van der Waals surface area contributed by atoms with E-state index in [1.807, 2.05) is 27.7 Å². The number of hydrogen-bond acceptors (Lipinski definition) is 4. The maximum atomic E-state index is 11.0. The Balaban J connectivity index is 2.55. The summed E-state index contributed by atoms with van der Waals surface area (Å²) in [6.07, 6.45) is -0.0241. The summed E-state index contributed by atoms with van der Waals surface area (Å²) in [6, 6.07) is 4.90. The van der Waals surface area contributed by atoms with Gasteiger partial charge in [0.05, 0.1) is 17.6 Å². The summed E-state index contributed by atoms with van der Waals surface area (Å²) in [5.41, 5.74) is 0.441. The van der Waals surface area contributed by atoms with Gasteiger partial charge in [0.25, 0.3) is 0 Å². The van der Waals surface area contributed by atoms with E-state index in [0.29, 0.717) is 22.5 Å². The van der Waals surface area contributed by atoms with Crippen LogP contribution in [0.4, 0.5) is 0 Å². The van der Waals surface area contributed by atoms with Gasteiger partial charge in [0.15, 0.2) is 0 Å². The van der Waals surface area contributed by atoms with Crippen molar-refractivity contribution in [3.05, 3.63) is 24.0 Å². The maximum absolute atomic E-state index is 11.0. The molecule has 0 saturated carbocycles. The van der Waals surface area contributed by atoms with Gasteiger partial charge in [-0.3, -0.25) is 0 Å². The molecule has 108 valence electrons. The fraction of sp³-hybridized carbons (Fsp3) is 0.400. The highest BCUT2D eigenvalue weighted by Crippen LogP contribution is 2.34. The average molecular weight is 278 g/mol. The summed E-state index contributed by atoms with van der Waals surface area (Å²) in [4.78, 5) is 11.0. The molecule has 1 N–H and O–H groups in total. The molecule has 20 heavy (non-hydrogen) atoms. The Kier molecular flexibility index (Phi) is 3.88. The van der Waals surface area contributed by atoms with Crippen LogP contribution in [-0.2, 0) is 0 Å². The molecule has 0 aliphatic rings. The van der Waals surface area contributed by atoms with Gasteiger partial charge >= 0.3 is 5.97 Å². The number of carbonyl (C=O) groups is 1. The van der Waals surface area contributed by atoms with E-state index in [-0.39, 0.29) is 18.0 Å². The first-order valence-corrected chi connectivity index (χ1v) is 6.51. The Labute approximate surface area is 117 Å². The number of carboxylic acid groups (broad SMARTS) is 1. The normalized spacial score (nSPS) is 11.3. The molecule has 0 atom stereocenters. The zero-order valence-electron chi connectivity index (χ0n) is 12.0. The zero-order valence-corrected chi connectivity index (χ0v) is 12.0. The Morgan fingerprint density at radius 2 is 1.75 bits per heavy atom. The molecule has 0 radical (unpaired) electrons. The molecule has 0 bridgehead atoms. The minimum atomic E-state index is -1.11. The van der Waals surface area contributed by atoms with Crippen molar-refractivity contribution in [2.75, 3.05) is 0 Å². The standard InChI is InChI=1S/C15H18O5/c1-8(2)18-10-5-12(19-9(3)4)11-7-14(15(16)17)20-13(11)6-10/h5-9H,1-4H3,(H,16,17). The average Bonchev–Trinajstić information content (AvgIpc) is 2.71. The van der Waals surface area contributed by atoms with Crippen molar-refractivity contribution in [3.8, 4) is 11.5 Å². The van der Waals surface area contributed by atoms with Crippen molar-refractivity contribution in [1.82, 2.24) is 0 Å². The molecule has 2 aromatic rings. The van der Waals surface area contributed by atoms with Crippen LogP contribution in [0.2, 0.25) is 0 Å². The Bertz CT molecular complexity index is 624. The van der Waals surface area contributed by atoms with E-state index in [1.54, 1.807) is 12.1 Å². The molecule has 0 fully saturated rings. The lowest BCUT2D eigenvalue weighted by Gasteiger charge is -2.14. The molecule has 5 nitrogen and oxygen atoms in total. The van der Waals surface area contributed by atoms with Gasteiger partial charge in [-0.2, -0.15) is 0 Å². The van der Waals surface area contributed by atoms with E-state index in [2.05, 4.69) is 0 Å². The predicted octanol–water partition coefficient (Wildman–Crippen LogP) is 3.71. The summed E-state index contributed by atoms with van der Waals surface area (Å²) in [5.74, 6) is -0.0721. The van der Waals surface area contributed by atoms with E-state index < -0.39 is 5.97 Å². The SMILES string of the molecule is CC(C)Oc1cc(OC(C)C)c2cc(C(=O)O)oc2c1. The molecule has 0 unspecified atom stereocenters. The van der Waals surface area contributed by atoms with E-state index in [0.717, 1.165) is 0 Å². The number of hydrogen-bond donors (Lipinski definition) is 1. The van der Waals surface area contributed by atoms with Crippen LogP contribution in [0.1, 0.15) is 38.2 Å². The molecular weight excluding hydrogens is 260 g/mol. The van der Waals surface area contributed by atoms with Crippen molar-refractivity contribution in [2.45, 2.75) is 39.9 Å². The van der Waals surface area contributed by atoms with Crippen LogP contribution in [0.25, 0.3) is 11.0 Å². The van der Waals surface area contributed by atoms with Crippen LogP contribution >= 0.6 is 0 Å². The van der Waals surface area contributed by atoms with Gasteiger partial charge < -0.3 is 19.0 Å². The van der Waals surface area contributed by atoms with Crippen LogP contribution in [0.5, 0.6) is 11.5 Å². The molecule has 2 rings (SSSR count). The Morgan fingerprint density at radius 3 is 2.30 bits per heavy atom. The van der Waals surface area contributed by atoms with Gasteiger partial charge in [0.1, 0.15) is 17.1 Å². The second-order valence-corrected chi connectivity index (χ2v) is 5.08. The molecule has 0 spiro atoms. The summed E-state index contributed by atoms with van der Waals surface area (Å²) >= 11 is 0. The minimum absolute atomic E-state index is 0.00764. The quantitative estimate of drug-likeness (QED) is 0.903. The lowest BCUT2D eigenvalue weighted by Crippen LogP contribution is -2.08. The molecule has 1 aromatic heterocycles. The van der Waals surface area contributed by atoms with Gasteiger partial charge in [0, 0.05) is 18.2 Å². The van der Waals surface area contributed by atoms with Crippen molar-refractivity contribution < 1.29 is 23.8 Å². The van der Waals surface area contributed by atoms with Gasteiger partial charge in [-0.1, -0.05) is 0 Å². The summed E-state index contributed by atoms with van der Waals surface area (Å²) in [5, 5.41) is 9.64. The smallest absolute Gasteiger partial charge is 0.371 e. The highest BCUT2D eigenvalue weighted by molar-refractivity contribution is 5.94. The number of furan rings is 1. The maximum Gasteiger partial charge on any atom is 0.371 e. The summed E-state index contributed by atoms with van der Waals surface area (Å²) in [7, 11) is 0. The third-order valence-electron chi connectivity index (χ3n) is 2.52. The Morgan fingerprint density at radius 1 is 1.10 bits per heavy atom. The van der Waals surface area contributed by atoms with E-state index in [9.17, 15) is 4.79 Å². The van der Waals surface area contributed by atoms with Crippen LogP contribution in [-0.4, -0.2) is 23.3 Å². The summed E-state index contributed by atoms with van der Waals surface area (Å²) in [6.45, 7) is 7.63. The lowest BCUT2D eigenvalue weighted by atomic mass is 10.2. The van der Waals surface area contributed by atoms with Crippen molar-refractivity contribution in [3.63, 3.8) is 0 Å². The largest absolute Gasteiger partial charge is 0.491 e. The summed E-state index contributed by atoms with van der Waals surface area (Å²) < 4.78 is 16.7. The molecular formula is C15H18O5. The van der Waals surface area contributed by atoms with Gasteiger partial charge in [0.2, 0.25) is 5.76 Å². The highest BCUT2D eigenvalue weighted by Gasteiger charge is 2.16. The number of benzene rings is 1. The zero-order chi connectivity index (χ0) is 14.9. The predicted molar refractivity (Wildman–Crippen MR) is 74.7 cm³/mol. The van der Waals surface area contributed by atoms with Crippen molar-refractivity contribution in [2.24, 2.45) is 0 Å². The number of carboxylic acids is 1. The first kappa shape index (κ1) is 14.2. The molecule has 1 aromatic carbocycles. The number of aromatic carboxylic acids is 1. The molecule has 0 amide bonds. The molecule has 0 aliphatic heterocycles. The van der Waals surface area contributed by atoms with Gasteiger partial charge in [-0.25, -0.2) is 4.79 Å². The highest BCUT2D eigenvalue weighted by atomic mass is 16.5. The first-order valence-electron chi connectivity index (χ1n) is 6.51. The van der Waals surface area contributed by atoms with Gasteiger partial charge in [-0.05, 0) is 27.7 Å². The topological polar surface area (TPSA) is 68.9 Å². The Hall–Kier alpha value is -2.17. The molecule has 5 heteroatoms. The number of ether oxygens (including phenoxy) is 2. The second kappa shape index (κ2) is 5.45. The monoisotopic (exact) mass is 278 g/mol. The third kappa shape index (κ3) is 3.04. The fourth-order valence-corrected chi connectivity index (χ4v) is 1.88. The van der Waals surface area contributed by atoms with Gasteiger partial charge in [-0.15, -0.1) is 0 Å².